The highest BCUT2D eigenvalue weighted by atomic mass is 19.4. The summed E-state index contributed by atoms with van der Waals surface area (Å²) in [4.78, 5) is 11.6. The summed E-state index contributed by atoms with van der Waals surface area (Å²) in [5.74, 6) is -0.499. The van der Waals surface area contributed by atoms with E-state index in [4.69, 9.17) is 4.74 Å². The van der Waals surface area contributed by atoms with E-state index in [9.17, 15) is 18.0 Å². The molecule has 1 atom stereocenters. The van der Waals surface area contributed by atoms with Crippen LogP contribution in [0.4, 0.5) is 13.2 Å². The molecule has 18 heavy (non-hydrogen) atoms. The van der Waals surface area contributed by atoms with Gasteiger partial charge in [0.25, 0.3) is 0 Å². The maximum atomic E-state index is 12.0. The van der Waals surface area contributed by atoms with E-state index in [1.54, 1.807) is 18.2 Å². The molecule has 1 heterocycles. The highest BCUT2D eigenvalue weighted by Crippen LogP contribution is 2.26. The predicted octanol–water partition coefficient (Wildman–Crippen LogP) is 1.92. The van der Waals surface area contributed by atoms with Crippen LogP contribution in [-0.2, 0) is 11.2 Å². The minimum atomic E-state index is -4.39. The SMILES string of the molecule is O=C(NCC(F)(F)F)C1COc2ccccc2C1. The van der Waals surface area contributed by atoms with Gasteiger partial charge in [0, 0.05) is 0 Å². The Balaban J connectivity index is 1.95. The van der Waals surface area contributed by atoms with Gasteiger partial charge in [-0.1, -0.05) is 18.2 Å². The standard InChI is InChI=1S/C12H12F3NO2/c13-12(14,15)7-16-11(17)9-5-8-3-1-2-4-10(8)18-6-9/h1-4,9H,5-7H2,(H,16,17). The second-order valence-corrected chi connectivity index (χ2v) is 4.15. The van der Waals surface area contributed by atoms with Crippen LogP contribution in [0.3, 0.4) is 0 Å². The highest BCUT2D eigenvalue weighted by Gasteiger charge is 2.31. The van der Waals surface area contributed by atoms with Gasteiger partial charge >= 0.3 is 6.18 Å². The van der Waals surface area contributed by atoms with Crippen molar-refractivity contribution in [2.75, 3.05) is 13.2 Å². The lowest BCUT2D eigenvalue weighted by Gasteiger charge is -2.24. The maximum absolute atomic E-state index is 12.0. The first kappa shape index (κ1) is 12.7. The van der Waals surface area contributed by atoms with E-state index < -0.39 is 24.5 Å². The molecule has 1 aromatic rings. The van der Waals surface area contributed by atoms with Crippen LogP contribution >= 0.6 is 0 Å². The molecule has 0 saturated heterocycles. The van der Waals surface area contributed by atoms with Gasteiger partial charge in [-0.2, -0.15) is 13.2 Å². The number of benzene rings is 1. The molecule has 0 bridgehead atoms. The number of alkyl halides is 3. The maximum Gasteiger partial charge on any atom is 0.405 e. The molecule has 0 aromatic heterocycles. The zero-order chi connectivity index (χ0) is 13.2. The summed E-state index contributed by atoms with van der Waals surface area (Å²) >= 11 is 0. The molecule has 6 heteroatoms. The summed E-state index contributed by atoms with van der Waals surface area (Å²) in [7, 11) is 0. The molecule has 1 aliphatic rings. The number of amides is 1. The van der Waals surface area contributed by atoms with E-state index in [-0.39, 0.29) is 6.61 Å². The van der Waals surface area contributed by atoms with Crippen LogP contribution in [0.1, 0.15) is 5.56 Å². The molecule has 0 radical (unpaired) electrons. The lowest BCUT2D eigenvalue weighted by molar-refractivity contribution is -0.141. The van der Waals surface area contributed by atoms with Crippen LogP contribution in [0.2, 0.25) is 0 Å². The smallest absolute Gasteiger partial charge is 0.405 e. The molecular formula is C12H12F3NO2. The van der Waals surface area contributed by atoms with E-state index in [0.29, 0.717) is 12.2 Å². The minimum absolute atomic E-state index is 0.112. The van der Waals surface area contributed by atoms with E-state index in [1.807, 2.05) is 11.4 Å². The number of para-hydroxylation sites is 1. The van der Waals surface area contributed by atoms with Crippen LogP contribution in [-0.4, -0.2) is 25.2 Å². The first-order valence-corrected chi connectivity index (χ1v) is 5.51. The minimum Gasteiger partial charge on any atom is -0.492 e. The van der Waals surface area contributed by atoms with E-state index in [0.717, 1.165) is 5.56 Å². The number of nitrogens with one attached hydrogen (secondary N) is 1. The Morgan fingerprint density at radius 1 is 1.39 bits per heavy atom. The molecule has 0 spiro atoms. The fourth-order valence-corrected chi connectivity index (χ4v) is 1.83. The number of rotatable bonds is 2. The summed E-state index contributed by atoms with van der Waals surface area (Å²) < 4.78 is 41.3. The third-order valence-electron chi connectivity index (χ3n) is 2.71. The van der Waals surface area contributed by atoms with Crippen molar-refractivity contribution in [1.82, 2.24) is 5.32 Å². The number of carbonyl (C=O) groups is 1. The predicted molar refractivity (Wildman–Crippen MR) is 58.2 cm³/mol. The van der Waals surface area contributed by atoms with E-state index >= 15 is 0 Å². The van der Waals surface area contributed by atoms with Crippen LogP contribution in [0, 0.1) is 5.92 Å². The van der Waals surface area contributed by atoms with Crippen molar-refractivity contribution in [2.24, 2.45) is 5.92 Å². The number of hydrogen-bond donors (Lipinski definition) is 1. The van der Waals surface area contributed by atoms with E-state index in [2.05, 4.69) is 0 Å². The van der Waals surface area contributed by atoms with Crippen molar-refractivity contribution in [3.05, 3.63) is 29.8 Å². The zero-order valence-corrected chi connectivity index (χ0v) is 9.46. The Morgan fingerprint density at radius 2 is 2.11 bits per heavy atom. The fraction of sp³-hybridized carbons (Fsp3) is 0.417. The normalized spacial score (nSPS) is 18.7. The first-order chi connectivity index (χ1) is 8.46. The molecule has 0 aliphatic carbocycles. The lowest BCUT2D eigenvalue weighted by atomic mass is 9.96. The third-order valence-corrected chi connectivity index (χ3v) is 2.71. The molecule has 1 aliphatic heterocycles. The van der Waals surface area contributed by atoms with Crippen LogP contribution < -0.4 is 10.1 Å². The van der Waals surface area contributed by atoms with Crippen LogP contribution in [0.25, 0.3) is 0 Å². The molecule has 0 fully saturated rings. The second kappa shape index (κ2) is 4.88. The number of ether oxygens (including phenoxy) is 1. The number of halogens is 3. The number of carbonyl (C=O) groups excluding carboxylic acids is 1. The summed E-state index contributed by atoms with van der Waals surface area (Å²) in [6.07, 6.45) is -3.98. The summed E-state index contributed by atoms with van der Waals surface area (Å²) in [5, 5.41) is 1.88. The van der Waals surface area contributed by atoms with Gasteiger partial charge < -0.3 is 10.1 Å². The van der Waals surface area contributed by atoms with E-state index in [1.165, 1.54) is 0 Å². The largest absolute Gasteiger partial charge is 0.492 e. The Bertz CT molecular complexity index is 445. The molecule has 1 unspecified atom stereocenters. The van der Waals surface area contributed by atoms with Gasteiger partial charge in [-0.15, -0.1) is 0 Å². The Labute approximate surface area is 102 Å². The van der Waals surface area contributed by atoms with Gasteiger partial charge in [0.05, 0.1) is 5.92 Å². The van der Waals surface area contributed by atoms with Gasteiger partial charge in [0.2, 0.25) is 5.91 Å². The molecule has 1 N–H and O–H groups in total. The van der Waals surface area contributed by atoms with Gasteiger partial charge in [-0.05, 0) is 18.1 Å². The highest BCUT2D eigenvalue weighted by molar-refractivity contribution is 5.79. The zero-order valence-electron chi connectivity index (χ0n) is 9.46. The Kier molecular flexibility index (Phi) is 3.45. The van der Waals surface area contributed by atoms with Crippen molar-refractivity contribution >= 4 is 5.91 Å². The lowest BCUT2D eigenvalue weighted by Crippen LogP contribution is -2.41. The molecule has 0 saturated carbocycles. The average Bonchev–Trinajstić information content (AvgIpc) is 2.34. The summed E-state index contributed by atoms with van der Waals surface area (Å²) in [6, 6.07) is 7.19. The molecule has 1 amide bonds. The quantitative estimate of drug-likeness (QED) is 0.881. The molecule has 3 nitrogen and oxygen atoms in total. The summed E-state index contributed by atoms with van der Waals surface area (Å²) in [6.45, 7) is -1.19. The number of fused-ring (bicyclic) bond motifs is 1. The Morgan fingerprint density at radius 3 is 2.83 bits per heavy atom. The van der Waals surface area contributed by atoms with Crippen molar-refractivity contribution in [1.29, 1.82) is 0 Å². The van der Waals surface area contributed by atoms with Crippen LogP contribution in [0.15, 0.2) is 24.3 Å². The third kappa shape index (κ3) is 3.15. The van der Waals surface area contributed by atoms with Gasteiger partial charge in [0.15, 0.2) is 0 Å². The molecule has 2 rings (SSSR count). The van der Waals surface area contributed by atoms with Gasteiger partial charge in [-0.3, -0.25) is 4.79 Å². The van der Waals surface area contributed by atoms with Crippen LogP contribution in [0.5, 0.6) is 5.75 Å². The summed E-state index contributed by atoms with van der Waals surface area (Å²) in [5.41, 5.74) is 0.843. The second-order valence-electron chi connectivity index (χ2n) is 4.15. The number of hydrogen-bond acceptors (Lipinski definition) is 2. The fourth-order valence-electron chi connectivity index (χ4n) is 1.83. The monoisotopic (exact) mass is 259 g/mol. The van der Waals surface area contributed by atoms with Crippen molar-refractivity contribution < 1.29 is 22.7 Å². The van der Waals surface area contributed by atoms with Gasteiger partial charge in [0.1, 0.15) is 18.9 Å². The Hall–Kier alpha value is -1.72. The van der Waals surface area contributed by atoms with Gasteiger partial charge in [-0.25, -0.2) is 0 Å². The molecule has 1 aromatic carbocycles. The average molecular weight is 259 g/mol. The topological polar surface area (TPSA) is 38.3 Å². The first-order valence-electron chi connectivity index (χ1n) is 5.51. The van der Waals surface area contributed by atoms with Crippen molar-refractivity contribution in [3.8, 4) is 5.75 Å². The molecular weight excluding hydrogens is 247 g/mol. The molecule has 98 valence electrons. The van der Waals surface area contributed by atoms with Crippen molar-refractivity contribution in [2.45, 2.75) is 12.6 Å². The van der Waals surface area contributed by atoms with Crippen molar-refractivity contribution in [3.63, 3.8) is 0 Å².